The van der Waals surface area contributed by atoms with Crippen LogP contribution in [0.15, 0.2) is 46.9 Å². The van der Waals surface area contributed by atoms with Crippen LogP contribution in [-0.4, -0.2) is 54.3 Å². The lowest BCUT2D eigenvalue weighted by molar-refractivity contribution is -0.139. The Morgan fingerprint density at radius 3 is 2.48 bits per heavy atom. The number of nitrogens with zero attached hydrogens (tertiary/aromatic N) is 1. The van der Waals surface area contributed by atoms with E-state index >= 15 is 0 Å². The molecule has 1 N–H and O–H groups in total. The van der Waals surface area contributed by atoms with Crippen LogP contribution >= 0.6 is 15.9 Å². The molecule has 1 amide bonds. The molecule has 0 bridgehead atoms. The number of esters is 1. The molecule has 2 aromatic rings. The number of aliphatic hydroxyl groups is 1. The molecule has 8 heteroatoms. The highest BCUT2D eigenvalue weighted by Gasteiger charge is 2.34. The van der Waals surface area contributed by atoms with Gasteiger partial charge in [-0.1, -0.05) is 28.1 Å². The second-order valence-corrected chi connectivity index (χ2v) is 8.62. The molecule has 1 saturated heterocycles. The van der Waals surface area contributed by atoms with Crippen LogP contribution in [0.5, 0.6) is 5.75 Å². The number of hydrogen-bond acceptors (Lipinski definition) is 5. The van der Waals surface area contributed by atoms with E-state index in [1.54, 1.807) is 35.2 Å². The number of methoxy groups -OCH3 is 1. The summed E-state index contributed by atoms with van der Waals surface area (Å²) in [6, 6.07) is 11.3. The van der Waals surface area contributed by atoms with Gasteiger partial charge in [-0.15, -0.1) is 0 Å². The highest BCUT2D eigenvalue weighted by Crippen LogP contribution is 2.27. The zero-order valence-corrected chi connectivity index (χ0v) is 18.9. The summed E-state index contributed by atoms with van der Waals surface area (Å²) in [5.41, 5.74) is 0.566. The van der Waals surface area contributed by atoms with Crippen LogP contribution in [0.2, 0.25) is 0 Å². The number of likely N-dealkylation sites (tertiary alicyclic amines) is 1. The third-order valence-electron chi connectivity index (χ3n) is 5.43. The number of benzene rings is 2. The van der Waals surface area contributed by atoms with E-state index in [1.807, 2.05) is 0 Å². The molecule has 3 rings (SSSR count). The maximum absolute atomic E-state index is 13.1. The topological polar surface area (TPSA) is 76.1 Å². The fourth-order valence-corrected chi connectivity index (χ4v) is 4.03. The first-order valence-corrected chi connectivity index (χ1v) is 10.8. The van der Waals surface area contributed by atoms with Gasteiger partial charge in [0, 0.05) is 29.5 Å². The normalized spacial score (nSPS) is 15.4. The number of rotatable bonds is 7. The summed E-state index contributed by atoms with van der Waals surface area (Å²) in [6.45, 7) is 0.663. The Bertz CT molecular complexity index is 926. The molecule has 1 heterocycles. The average Bonchev–Trinajstić information content (AvgIpc) is 2.75. The van der Waals surface area contributed by atoms with Crippen LogP contribution in [0.4, 0.5) is 4.39 Å². The van der Waals surface area contributed by atoms with Gasteiger partial charge in [-0.25, -0.2) is 4.39 Å². The highest BCUT2D eigenvalue weighted by atomic mass is 79.9. The molecule has 31 heavy (non-hydrogen) atoms. The van der Waals surface area contributed by atoms with Crippen molar-refractivity contribution in [1.29, 1.82) is 0 Å². The van der Waals surface area contributed by atoms with E-state index in [1.165, 1.54) is 19.2 Å². The Labute approximate surface area is 189 Å². The number of amides is 1. The lowest BCUT2D eigenvalue weighted by Gasteiger charge is -2.38. The van der Waals surface area contributed by atoms with Crippen molar-refractivity contribution in [3.8, 4) is 5.75 Å². The summed E-state index contributed by atoms with van der Waals surface area (Å²) in [5, 5.41) is 10.9. The van der Waals surface area contributed by atoms with Crippen molar-refractivity contribution >= 4 is 27.8 Å². The summed E-state index contributed by atoms with van der Waals surface area (Å²) < 4.78 is 24.3. The number of ether oxygens (including phenoxy) is 2. The quantitative estimate of drug-likeness (QED) is 0.599. The number of carbonyl (C=O) groups is 2. The number of carbonyl (C=O) groups excluding carboxylic acids is 2. The molecular formula is C23H25BrFNO5. The van der Waals surface area contributed by atoms with Gasteiger partial charge >= 0.3 is 5.97 Å². The monoisotopic (exact) mass is 493 g/mol. The standard InChI is InChI=1S/C23H25BrFNO5/c1-30-22(28)13-17-12-18(24)4-7-20(17)31-15-21(27)26-10-8-23(29,9-11-26)14-16-2-5-19(25)6-3-16/h2-7,12,29H,8-11,13-15H2,1H3. The third-order valence-corrected chi connectivity index (χ3v) is 5.92. The molecule has 1 fully saturated rings. The Balaban J connectivity index is 1.53. The minimum atomic E-state index is -0.922. The van der Waals surface area contributed by atoms with Crippen molar-refractivity contribution in [2.24, 2.45) is 0 Å². The summed E-state index contributed by atoms with van der Waals surface area (Å²) in [6.07, 6.45) is 1.32. The molecule has 1 aliphatic heterocycles. The van der Waals surface area contributed by atoms with Crippen LogP contribution in [0, 0.1) is 5.82 Å². The third kappa shape index (κ3) is 6.51. The van der Waals surface area contributed by atoms with Crippen LogP contribution in [0.25, 0.3) is 0 Å². The predicted molar refractivity (Wildman–Crippen MR) is 116 cm³/mol. The first kappa shape index (κ1) is 23.2. The van der Waals surface area contributed by atoms with Crippen molar-refractivity contribution in [2.45, 2.75) is 31.3 Å². The fourth-order valence-electron chi connectivity index (χ4n) is 3.62. The van der Waals surface area contributed by atoms with Gasteiger partial charge in [0.05, 0.1) is 19.1 Å². The van der Waals surface area contributed by atoms with Crippen molar-refractivity contribution in [3.63, 3.8) is 0 Å². The molecule has 0 spiro atoms. The van der Waals surface area contributed by atoms with E-state index in [0.717, 1.165) is 10.0 Å². The molecule has 6 nitrogen and oxygen atoms in total. The Morgan fingerprint density at radius 2 is 1.84 bits per heavy atom. The minimum absolute atomic E-state index is 0.0413. The molecular weight excluding hydrogens is 469 g/mol. The second kappa shape index (κ2) is 10.2. The van der Waals surface area contributed by atoms with Crippen LogP contribution in [-0.2, 0) is 27.2 Å². The Morgan fingerprint density at radius 1 is 1.16 bits per heavy atom. The van der Waals surface area contributed by atoms with Crippen molar-refractivity contribution in [2.75, 3.05) is 26.8 Å². The molecule has 166 valence electrons. The predicted octanol–water partition coefficient (Wildman–Crippen LogP) is 3.28. The summed E-state index contributed by atoms with van der Waals surface area (Å²) >= 11 is 3.36. The number of piperidine rings is 1. The van der Waals surface area contributed by atoms with Crippen molar-refractivity contribution in [3.05, 3.63) is 63.9 Å². The van der Waals surface area contributed by atoms with Gasteiger partial charge < -0.3 is 19.5 Å². The van der Waals surface area contributed by atoms with Gasteiger partial charge in [0.1, 0.15) is 11.6 Å². The minimum Gasteiger partial charge on any atom is -0.483 e. The van der Waals surface area contributed by atoms with Gasteiger partial charge in [0.2, 0.25) is 0 Å². The maximum atomic E-state index is 13.1. The van der Waals surface area contributed by atoms with Crippen molar-refractivity contribution < 1.29 is 28.6 Å². The highest BCUT2D eigenvalue weighted by molar-refractivity contribution is 9.10. The number of halogens is 2. The van der Waals surface area contributed by atoms with Gasteiger partial charge in [-0.2, -0.15) is 0 Å². The van der Waals surface area contributed by atoms with E-state index in [-0.39, 0.29) is 24.8 Å². The van der Waals surface area contributed by atoms with E-state index in [0.29, 0.717) is 43.7 Å². The molecule has 0 atom stereocenters. The Kier molecular flexibility index (Phi) is 7.67. The van der Waals surface area contributed by atoms with E-state index in [4.69, 9.17) is 9.47 Å². The van der Waals surface area contributed by atoms with Gasteiger partial charge in [-0.05, 0) is 48.7 Å². The molecule has 0 unspecified atom stereocenters. The van der Waals surface area contributed by atoms with Crippen molar-refractivity contribution in [1.82, 2.24) is 4.90 Å². The lowest BCUT2D eigenvalue weighted by Crippen LogP contribution is -2.48. The number of hydrogen-bond donors (Lipinski definition) is 1. The smallest absolute Gasteiger partial charge is 0.310 e. The van der Waals surface area contributed by atoms with Gasteiger partial charge in [-0.3, -0.25) is 9.59 Å². The molecule has 0 aliphatic carbocycles. The molecule has 0 radical (unpaired) electrons. The largest absolute Gasteiger partial charge is 0.483 e. The molecule has 0 saturated carbocycles. The average molecular weight is 494 g/mol. The summed E-state index contributed by atoms with van der Waals surface area (Å²) in [4.78, 5) is 25.9. The van der Waals surface area contributed by atoms with E-state index in [2.05, 4.69) is 15.9 Å². The van der Waals surface area contributed by atoms with Crippen LogP contribution < -0.4 is 4.74 Å². The molecule has 2 aromatic carbocycles. The zero-order valence-electron chi connectivity index (χ0n) is 17.3. The molecule has 0 aromatic heterocycles. The zero-order chi connectivity index (χ0) is 22.4. The van der Waals surface area contributed by atoms with Gasteiger partial charge in [0.15, 0.2) is 6.61 Å². The Hall–Kier alpha value is -2.45. The first-order chi connectivity index (χ1) is 14.8. The maximum Gasteiger partial charge on any atom is 0.310 e. The molecule has 1 aliphatic rings. The van der Waals surface area contributed by atoms with Crippen LogP contribution in [0.3, 0.4) is 0 Å². The van der Waals surface area contributed by atoms with Gasteiger partial charge in [0.25, 0.3) is 5.91 Å². The van der Waals surface area contributed by atoms with E-state index in [9.17, 15) is 19.1 Å². The van der Waals surface area contributed by atoms with Crippen LogP contribution in [0.1, 0.15) is 24.0 Å². The summed E-state index contributed by atoms with van der Waals surface area (Å²) in [5.74, 6) is -0.440. The second-order valence-electron chi connectivity index (χ2n) is 7.70. The summed E-state index contributed by atoms with van der Waals surface area (Å²) in [7, 11) is 1.32. The fraction of sp³-hybridized carbons (Fsp3) is 0.391. The van der Waals surface area contributed by atoms with E-state index < -0.39 is 11.6 Å². The SMILES string of the molecule is COC(=O)Cc1cc(Br)ccc1OCC(=O)N1CCC(O)(Cc2ccc(F)cc2)CC1. The first-order valence-electron chi connectivity index (χ1n) is 10.0. The lowest BCUT2D eigenvalue weighted by atomic mass is 9.85.